The number of hydrogen-bond donors (Lipinski definition) is 0. The van der Waals surface area contributed by atoms with Crippen molar-refractivity contribution in [2.75, 3.05) is 4.90 Å². The topological polar surface area (TPSA) is 3.24 Å². The Morgan fingerprint density at radius 1 is 0.302 bits per heavy atom. The average molecular weight is 800 g/mol. The molecule has 4 aliphatic carbocycles. The highest BCUT2D eigenvalue weighted by atomic mass is 15.1. The molecule has 10 aromatic carbocycles. The molecule has 0 fully saturated rings. The van der Waals surface area contributed by atoms with E-state index in [1.54, 1.807) is 0 Å². The summed E-state index contributed by atoms with van der Waals surface area (Å²) in [4.78, 5) is 2.50. The number of benzene rings is 10. The molecule has 1 unspecified atom stereocenters. The minimum absolute atomic E-state index is 0.131. The van der Waals surface area contributed by atoms with E-state index in [0.29, 0.717) is 0 Å². The normalized spacial score (nSPS) is 16.0. The van der Waals surface area contributed by atoms with E-state index in [9.17, 15) is 0 Å². The van der Waals surface area contributed by atoms with Crippen LogP contribution in [0.4, 0.5) is 17.1 Å². The Hall–Kier alpha value is -7.74. The maximum absolute atomic E-state index is 2.58. The fraction of sp³-hybridized carbons (Fsp3) is 0.0645. The number of hydrogen-bond acceptors (Lipinski definition) is 1. The molecule has 0 heterocycles. The summed E-state index contributed by atoms with van der Waals surface area (Å²) in [6.45, 7) is 4.75. The molecular weight excluding hydrogens is 759 g/mol. The van der Waals surface area contributed by atoms with Gasteiger partial charge in [0.15, 0.2) is 0 Å². The average Bonchev–Trinajstić information content (AvgIpc) is 4.00. The molecule has 0 saturated heterocycles. The molecule has 63 heavy (non-hydrogen) atoms. The molecule has 0 aliphatic heterocycles. The summed E-state index contributed by atoms with van der Waals surface area (Å²) in [5.74, 6) is 0. The standard InChI is InChI=1S/C62H41N/c1-61(2)53-24-11-8-19-45(53)47-33-31-41(35-56(47)61)63(40-29-27-39(28-30-40)38-15-4-3-5-16-38)42-32-34-48-46-20-9-12-25-54(46)62(57(48)36-42)55-26-13-10-21-50(55)60-51-23-14-22-49-43-17-6-7-18-44(43)52(59(49)51)37-58(60)62/h3-37H,1-2H3. The highest BCUT2D eigenvalue weighted by Gasteiger charge is 2.53. The molecule has 1 heteroatoms. The molecule has 0 bridgehead atoms. The van der Waals surface area contributed by atoms with Gasteiger partial charge in [-0.3, -0.25) is 0 Å². The second-order valence-electron chi connectivity index (χ2n) is 18.3. The molecule has 1 atom stereocenters. The monoisotopic (exact) mass is 799 g/mol. The second-order valence-corrected chi connectivity index (χ2v) is 18.3. The molecule has 10 aromatic rings. The summed E-state index contributed by atoms with van der Waals surface area (Å²) in [7, 11) is 0. The van der Waals surface area contributed by atoms with Crippen molar-refractivity contribution < 1.29 is 0 Å². The maximum Gasteiger partial charge on any atom is 0.0726 e. The molecule has 14 rings (SSSR count). The minimum Gasteiger partial charge on any atom is -0.310 e. The van der Waals surface area contributed by atoms with Gasteiger partial charge >= 0.3 is 0 Å². The van der Waals surface area contributed by atoms with Gasteiger partial charge in [0.25, 0.3) is 0 Å². The second kappa shape index (κ2) is 12.4. The number of nitrogens with zero attached hydrogens (tertiary/aromatic N) is 1. The van der Waals surface area contributed by atoms with Gasteiger partial charge in [0.2, 0.25) is 0 Å². The van der Waals surface area contributed by atoms with Gasteiger partial charge in [-0.25, -0.2) is 0 Å². The van der Waals surface area contributed by atoms with Crippen LogP contribution < -0.4 is 4.90 Å². The summed E-state index contributed by atoms with van der Waals surface area (Å²) in [6, 6.07) is 80.2. The number of anilines is 3. The van der Waals surface area contributed by atoms with Gasteiger partial charge in [0.05, 0.1) is 5.41 Å². The van der Waals surface area contributed by atoms with Crippen molar-refractivity contribution >= 4 is 27.8 Å². The Balaban J connectivity index is 1.04. The summed E-state index contributed by atoms with van der Waals surface area (Å²) in [6.07, 6.45) is 0. The van der Waals surface area contributed by atoms with Crippen molar-refractivity contribution in [3.63, 3.8) is 0 Å². The molecule has 0 N–H and O–H groups in total. The molecule has 1 spiro atoms. The molecule has 294 valence electrons. The van der Waals surface area contributed by atoms with Crippen LogP contribution in [0.25, 0.3) is 77.5 Å². The van der Waals surface area contributed by atoms with E-state index in [1.165, 1.54) is 111 Å². The molecule has 0 aromatic heterocycles. The van der Waals surface area contributed by atoms with Gasteiger partial charge in [-0.1, -0.05) is 184 Å². The Morgan fingerprint density at radius 3 is 1.51 bits per heavy atom. The van der Waals surface area contributed by atoms with Gasteiger partial charge < -0.3 is 4.90 Å². The molecule has 1 nitrogen and oxygen atoms in total. The van der Waals surface area contributed by atoms with Crippen LogP contribution in [0.2, 0.25) is 0 Å². The van der Waals surface area contributed by atoms with Crippen molar-refractivity contribution in [2.45, 2.75) is 24.7 Å². The zero-order chi connectivity index (χ0) is 41.6. The third-order valence-corrected chi connectivity index (χ3v) is 15.0. The van der Waals surface area contributed by atoms with Gasteiger partial charge in [-0.2, -0.15) is 0 Å². The lowest BCUT2D eigenvalue weighted by molar-refractivity contribution is 0.660. The lowest BCUT2D eigenvalue weighted by Gasteiger charge is -2.33. The van der Waals surface area contributed by atoms with Crippen molar-refractivity contribution in [2.24, 2.45) is 0 Å². The molecule has 0 radical (unpaired) electrons. The Labute approximate surface area is 368 Å². The van der Waals surface area contributed by atoms with Crippen molar-refractivity contribution in [3.05, 3.63) is 246 Å². The quantitative estimate of drug-likeness (QED) is 0.171. The highest BCUT2D eigenvalue weighted by molar-refractivity contribution is 6.21. The third kappa shape index (κ3) is 4.46. The van der Waals surface area contributed by atoms with Crippen LogP contribution in [0.5, 0.6) is 0 Å². The highest BCUT2D eigenvalue weighted by Crippen LogP contribution is 2.66. The number of fused-ring (bicyclic) bond motifs is 17. The van der Waals surface area contributed by atoms with E-state index in [-0.39, 0.29) is 5.41 Å². The SMILES string of the molecule is CC1(C)c2ccccc2-c2ccc(N(c3ccc(-c4ccccc4)cc3)c3ccc4c(c3)C3(c5ccccc5-4)c4ccccc4-c4c3cc3c5c(cccc45)-c4ccccc4-3)cc21. The summed E-state index contributed by atoms with van der Waals surface area (Å²) >= 11 is 0. The lowest BCUT2D eigenvalue weighted by atomic mass is 9.70. The molecule has 0 amide bonds. The van der Waals surface area contributed by atoms with Gasteiger partial charge in [0.1, 0.15) is 0 Å². The van der Waals surface area contributed by atoms with E-state index in [4.69, 9.17) is 0 Å². The van der Waals surface area contributed by atoms with E-state index >= 15 is 0 Å². The van der Waals surface area contributed by atoms with Crippen LogP contribution in [0.15, 0.2) is 212 Å². The van der Waals surface area contributed by atoms with E-state index in [2.05, 4.69) is 231 Å². The minimum atomic E-state index is -0.517. The van der Waals surface area contributed by atoms with E-state index < -0.39 is 5.41 Å². The summed E-state index contributed by atoms with van der Waals surface area (Å²) in [5.41, 5.74) is 26.7. The first-order valence-corrected chi connectivity index (χ1v) is 22.3. The molecule has 0 saturated carbocycles. The van der Waals surface area contributed by atoms with E-state index in [1.807, 2.05) is 0 Å². The Kier molecular flexibility index (Phi) is 6.89. The predicted molar refractivity (Wildman–Crippen MR) is 262 cm³/mol. The van der Waals surface area contributed by atoms with Crippen LogP contribution in [0.1, 0.15) is 47.2 Å². The third-order valence-electron chi connectivity index (χ3n) is 15.0. The van der Waals surface area contributed by atoms with Crippen molar-refractivity contribution in [1.82, 2.24) is 0 Å². The Morgan fingerprint density at radius 2 is 0.794 bits per heavy atom. The zero-order valence-corrected chi connectivity index (χ0v) is 35.2. The first kappa shape index (κ1) is 34.9. The summed E-state index contributed by atoms with van der Waals surface area (Å²) < 4.78 is 0. The van der Waals surface area contributed by atoms with Crippen molar-refractivity contribution in [3.8, 4) is 66.8 Å². The van der Waals surface area contributed by atoms with Crippen LogP contribution >= 0.6 is 0 Å². The molecule has 4 aliphatic rings. The van der Waals surface area contributed by atoms with Crippen LogP contribution in [-0.2, 0) is 10.8 Å². The lowest BCUT2D eigenvalue weighted by Crippen LogP contribution is -2.26. The fourth-order valence-corrected chi connectivity index (χ4v) is 12.3. The van der Waals surface area contributed by atoms with Gasteiger partial charge in [-0.15, -0.1) is 0 Å². The zero-order valence-electron chi connectivity index (χ0n) is 35.2. The van der Waals surface area contributed by atoms with E-state index in [0.717, 1.165) is 17.1 Å². The largest absolute Gasteiger partial charge is 0.310 e. The number of rotatable bonds is 4. The van der Waals surface area contributed by atoms with Crippen LogP contribution in [-0.4, -0.2) is 0 Å². The van der Waals surface area contributed by atoms with Crippen molar-refractivity contribution in [1.29, 1.82) is 0 Å². The smallest absolute Gasteiger partial charge is 0.0726 e. The first-order valence-electron chi connectivity index (χ1n) is 22.3. The fourth-order valence-electron chi connectivity index (χ4n) is 12.3. The van der Waals surface area contributed by atoms with Gasteiger partial charge in [-0.05, 0) is 153 Å². The van der Waals surface area contributed by atoms with Crippen LogP contribution in [0.3, 0.4) is 0 Å². The first-order chi connectivity index (χ1) is 31.0. The summed E-state index contributed by atoms with van der Waals surface area (Å²) in [5, 5.41) is 2.71. The van der Waals surface area contributed by atoms with Gasteiger partial charge in [0, 0.05) is 22.5 Å². The Bertz CT molecular complexity index is 3590. The predicted octanol–water partition coefficient (Wildman–Crippen LogP) is 16.3. The molecular formula is C62H41N. The van der Waals surface area contributed by atoms with Crippen LogP contribution in [0, 0.1) is 0 Å². The maximum atomic E-state index is 2.58.